The normalized spacial score (nSPS) is 8.14. The topological polar surface area (TPSA) is 869 Å². The van der Waals surface area contributed by atoms with Crippen LogP contribution in [0, 0.1) is 149 Å². The number of aliphatic hydroxyl groups is 4. The van der Waals surface area contributed by atoms with Crippen molar-refractivity contribution in [1.29, 1.82) is 0 Å². The molecule has 44 nitrogen and oxygen atoms in total. The third kappa shape index (κ3) is 154. The van der Waals surface area contributed by atoms with Gasteiger partial charge in [-0.25, -0.2) is 0 Å². The van der Waals surface area contributed by atoms with Gasteiger partial charge in [-0.05, 0) is 102 Å². The molecule has 0 aliphatic heterocycles. The van der Waals surface area contributed by atoms with Crippen LogP contribution in [0.5, 0.6) is 46.0 Å². The summed E-state index contributed by atoms with van der Waals surface area (Å²) in [6, 6.07) is 20.3. The summed E-state index contributed by atoms with van der Waals surface area (Å²) in [6.45, 7) is 15.4. The van der Waals surface area contributed by atoms with E-state index in [0.717, 1.165) is 55.4 Å². The number of aliphatic imine (C=N–C) groups is 4. The van der Waals surface area contributed by atoms with Crippen molar-refractivity contribution in [1.82, 2.24) is 21.3 Å². The maximum atomic E-state index is 11.7. The van der Waals surface area contributed by atoms with E-state index in [-0.39, 0.29) is 308 Å². The van der Waals surface area contributed by atoms with E-state index in [1.54, 1.807) is 97.7 Å². The largest absolute Gasteiger partial charge is 3.00 e. The number of ether oxygens (including phenoxy) is 4. The SMILES string of the molecule is CC(=O)[O-].CC(=O)[O-].CC(=O)[O-].CC(=O)[O-].CC(=O)[O-].CC(=O)[O-].CC(=O)[O-].CC(=O)[O-].COc1cccc(C=NCCNCCO)c1[O-].COc1cccc(C=NCCNCCO)c1[O-].COc1cccc(C=NCCNCCO)c1[O-].COc1cccc(C=NCCNCCO)c1[O-].[Er+3].[Er+3].[Er].[Er].[Ni+3].[Ni+3].[Ni+3].[Ni+3].[OH-].[OH-].[OH-].[OH-].[OH-].[OH-].[OH-].[OH-]. The summed E-state index contributed by atoms with van der Waals surface area (Å²) in [5.74, 6) is -7.97. The fourth-order valence-electron chi connectivity index (χ4n) is 5.22. The minimum atomic E-state index is -1.08. The second kappa shape index (κ2) is 134. The Labute approximate surface area is 831 Å². The second-order valence-corrected chi connectivity index (χ2v) is 17.5. The van der Waals surface area contributed by atoms with E-state index in [2.05, 4.69) is 41.2 Å². The summed E-state index contributed by atoms with van der Waals surface area (Å²) in [5, 5.41) is 164. The molecule has 16 N–H and O–H groups in total. The monoisotopic (exact) mass is 2450 g/mol. The van der Waals surface area contributed by atoms with Gasteiger partial charge in [0.2, 0.25) is 0 Å². The quantitative estimate of drug-likeness (QED) is 0.0149. The molecule has 702 valence electrons. The molecule has 0 aromatic heterocycles. The number of hydrogen-bond acceptors (Lipinski definition) is 44. The van der Waals surface area contributed by atoms with E-state index >= 15 is 0 Å². The number of rotatable bonds is 28. The molecule has 0 atom stereocenters. The fourth-order valence-corrected chi connectivity index (χ4v) is 5.22. The number of para-hydroxylation sites is 4. The smallest absolute Gasteiger partial charge is 0.870 e. The Bertz CT molecular complexity index is 2500. The van der Waals surface area contributed by atoms with Gasteiger partial charge in [0.05, 0.1) is 81.0 Å². The zero-order chi connectivity index (χ0) is 78.7. The van der Waals surface area contributed by atoms with E-state index in [0.29, 0.717) is 124 Å². The van der Waals surface area contributed by atoms with Gasteiger partial charge in [0, 0.05) is 200 Å². The van der Waals surface area contributed by atoms with Crippen LogP contribution in [0.25, 0.3) is 0 Å². The third-order valence-electron chi connectivity index (χ3n) is 8.66. The van der Waals surface area contributed by atoms with Gasteiger partial charge in [0.25, 0.3) is 0 Å². The summed E-state index contributed by atoms with van der Waals surface area (Å²) in [6.07, 6.45) is 6.19. The molecule has 4 rings (SSSR count). The Morgan fingerprint density at radius 3 is 0.526 bits per heavy atom. The number of nitrogens with one attached hydrogen (secondary N) is 4. The van der Waals surface area contributed by atoms with Crippen LogP contribution in [-0.4, -0.2) is 270 Å². The number of carbonyl (C=O) groups excluding carboxylic acids is 8. The number of aliphatic carboxylic acids is 8. The number of hydrogen-bond donors (Lipinski definition) is 8. The van der Waals surface area contributed by atoms with Crippen molar-refractivity contribution in [2.24, 2.45) is 20.0 Å². The van der Waals surface area contributed by atoms with Crippen molar-refractivity contribution < 1.29 is 398 Å². The summed E-state index contributed by atoms with van der Waals surface area (Å²) in [7, 11) is 5.87. The first kappa shape index (κ1) is 178. The Morgan fingerprint density at radius 2 is 0.422 bits per heavy atom. The molecule has 6 radical (unpaired) electrons. The van der Waals surface area contributed by atoms with Crippen LogP contribution < -0.4 is 101 Å². The van der Waals surface area contributed by atoms with E-state index < -0.39 is 47.8 Å². The molecule has 0 bridgehead atoms. The molecule has 0 fully saturated rings. The standard InChI is InChI=1S/4C12H18N2O3.8C2H4O2.4Er.4Ni.8H2O/c4*1-17-11-4-2-3-10(12(11)16)9-14-6-5-13-7-8-15;8*1-2(3)4;;;;;;;;;;;;;;;;/h4*2-4,9,13,15-16H,5-8H2,1H3;8*1H3,(H,3,4);;;;;;;;;8*1H2/q;;;;;;;;;;;;;;6*+3;;;;;;;;/p-20. The molecule has 0 aliphatic rings. The van der Waals surface area contributed by atoms with Gasteiger partial charge in [-0.15, -0.1) is 0 Å². The molecule has 0 saturated heterocycles. The molecule has 4 aromatic carbocycles. The van der Waals surface area contributed by atoms with Gasteiger partial charge in [-0.3, -0.25) is 20.0 Å². The van der Waals surface area contributed by atoms with E-state index in [4.69, 9.17) is 119 Å². The van der Waals surface area contributed by atoms with Gasteiger partial charge >= 0.3 is 141 Å². The third-order valence-corrected chi connectivity index (χ3v) is 8.66. The van der Waals surface area contributed by atoms with E-state index in [9.17, 15) is 20.4 Å². The number of carboxylic acids is 8. The molecular weight excluding hydrogens is 2360 g/mol. The van der Waals surface area contributed by atoms with Gasteiger partial charge in [-0.1, -0.05) is 71.5 Å². The molecule has 0 spiro atoms. The Balaban J connectivity index is -0.0000000377. The molecular formula is C64H100Er4N8Ni4O36-2. The minimum Gasteiger partial charge on any atom is -0.870 e. The number of nitrogens with zero attached hydrogens (tertiary/aromatic N) is 4. The zero-order valence-electron chi connectivity index (χ0n) is 63.9. The van der Waals surface area contributed by atoms with Crippen molar-refractivity contribution in [2.45, 2.75) is 55.4 Å². The predicted octanol–water partition coefficient (Wildman–Crippen LogP) is -12.3. The molecule has 0 aliphatic carbocycles. The first-order chi connectivity index (χ1) is 47.0. The zero-order valence-corrected chi connectivity index (χ0v) is 75.3. The fraction of sp³-hybridized carbons (Fsp3) is 0.438. The van der Waals surface area contributed by atoms with Crippen molar-refractivity contribution >= 4 is 72.6 Å². The van der Waals surface area contributed by atoms with Gasteiger partial charge in [0.1, 0.15) is 23.0 Å². The van der Waals surface area contributed by atoms with Crippen LogP contribution in [0.15, 0.2) is 92.8 Å². The van der Waals surface area contributed by atoms with Crippen molar-refractivity contribution in [3.05, 3.63) is 95.1 Å². The molecule has 0 heterocycles. The molecule has 0 unspecified atom stereocenters. The Hall–Kier alpha value is -3.96. The van der Waals surface area contributed by atoms with Gasteiger partial charge < -0.3 is 204 Å². The first-order valence-electron chi connectivity index (χ1n) is 29.1. The number of carboxylic acid groups (broad SMARTS) is 8. The Kier molecular flexibility index (Phi) is 206. The Morgan fingerprint density at radius 1 is 0.302 bits per heavy atom. The summed E-state index contributed by atoms with van der Waals surface area (Å²) in [4.78, 5) is 87.6. The van der Waals surface area contributed by atoms with Crippen LogP contribution >= 0.6 is 0 Å². The van der Waals surface area contributed by atoms with Crippen molar-refractivity contribution in [3.8, 4) is 46.0 Å². The van der Waals surface area contributed by atoms with Crippen LogP contribution in [0.3, 0.4) is 0 Å². The van der Waals surface area contributed by atoms with E-state index in [1.165, 1.54) is 28.4 Å². The number of benzene rings is 4. The molecule has 4 aromatic rings. The van der Waals surface area contributed by atoms with Crippen LogP contribution in [0.4, 0.5) is 0 Å². The maximum Gasteiger partial charge on any atom is 3.00 e. The number of methoxy groups -OCH3 is 4. The average Bonchev–Trinajstić information content (AvgIpc) is 0.896. The maximum absolute atomic E-state index is 11.7. The minimum absolute atomic E-state index is 0. The summed E-state index contributed by atoms with van der Waals surface area (Å²) >= 11 is 0. The molecule has 0 amide bonds. The van der Waals surface area contributed by atoms with Crippen LogP contribution in [0.1, 0.15) is 77.6 Å². The average molecular weight is 2460 g/mol. The van der Waals surface area contributed by atoms with Gasteiger partial charge in [-0.2, -0.15) is 0 Å². The van der Waals surface area contributed by atoms with Crippen molar-refractivity contribution in [3.63, 3.8) is 0 Å². The molecule has 0 saturated carbocycles. The van der Waals surface area contributed by atoms with Gasteiger partial charge in [0.15, 0.2) is 0 Å². The number of carbonyl (C=O) groups is 8. The summed E-state index contributed by atoms with van der Waals surface area (Å²) in [5.41, 5.74) is 2.08. The molecule has 52 heteroatoms. The van der Waals surface area contributed by atoms with Crippen LogP contribution in [-0.2, 0) is 104 Å². The number of aliphatic hydroxyl groups excluding tert-OH is 4. The van der Waals surface area contributed by atoms with Crippen molar-refractivity contribution in [2.75, 3.05) is 133 Å². The first-order valence-corrected chi connectivity index (χ1v) is 29.1. The van der Waals surface area contributed by atoms with Crippen LogP contribution in [0.2, 0.25) is 0 Å². The predicted molar refractivity (Wildman–Crippen MR) is 360 cm³/mol. The van der Waals surface area contributed by atoms with E-state index in [1.807, 2.05) is 0 Å². The summed E-state index contributed by atoms with van der Waals surface area (Å²) < 4.78 is 19.7. The molecule has 116 heavy (non-hydrogen) atoms. The second-order valence-electron chi connectivity index (χ2n) is 17.5.